The predicted octanol–water partition coefficient (Wildman–Crippen LogP) is 2.16. The first kappa shape index (κ1) is 18.6. The molecule has 2 aromatic heterocycles. The molecule has 0 aliphatic carbocycles. The monoisotopic (exact) mass is 362 g/mol. The van der Waals surface area contributed by atoms with Gasteiger partial charge in [-0.3, -0.25) is 9.78 Å². The van der Waals surface area contributed by atoms with Crippen LogP contribution >= 0.6 is 7.14 Å². The molecular weight excluding hydrogens is 341 g/mol. The Morgan fingerprint density at radius 3 is 2.71 bits per heavy atom. The Hall–Kier alpha value is -1.73. The van der Waals surface area contributed by atoms with Crippen LogP contribution in [0.25, 0.3) is 11.0 Å². The molecule has 7 nitrogen and oxygen atoms in total. The van der Waals surface area contributed by atoms with Gasteiger partial charge in [0, 0.05) is 18.5 Å². The van der Waals surface area contributed by atoms with E-state index >= 15 is 0 Å². The summed E-state index contributed by atoms with van der Waals surface area (Å²) in [6.07, 6.45) is 1.03. The molecule has 2 rings (SSSR count). The van der Waals surface area contributed by atoms with Gasteiger partial charge in [-0.1, -0.05) is 13.8 Å². The SMILES string of the molecule is CCP(=O)(CC)CO[C@H](CF)Cn1cc(F)c2c(=O)[nH]c(N)nc21. The second-order valence-corrected chi connectivity index (χ2v) is 9.18. The summed E-state index contributed by atoms with van der Waals surface area (Å²) in [6, 6.07) is 0. The first-order chi connectivity index (χ1) is 11.3. The third kappa shape index (κ3) is 3.84. The van der Waals surface area contributed by atoms with Crippen LogP contribution in [0.5, 0.6) is 0 Å². The van der Waals surface area contributed by atoms with Gasteiger partial charge in [0.2, 0.25) is 5.95 Å². The molecule has 134 valence electrons. The Morgan fingerprint density at radius 2 is 2.12 bits per heavy atom. The van der Waals surface area contributed by atoms with Crippen LogP contribution in [0.4, 0.5) is 14.7 Å². The Balaban J connectivity index is 2.24. The highest BCUT2D eigenvalue weighted by atomic mass is 31.2. The van der Waals surface area contributed by atoms with Crippen LogP contribution in [0.1, 0.15) is 13.8 Å². The standard InChI is InChI=1S/C14H21F2N4O3P/c1-3-24(22,4-2)8-23-9(5-15)6-20-7-10(16)11-12(20)18-14(17)19-13(11)21/h7,9H,3-6,8H2,1-2H3,(H3,17,18,19,21)/t9-/m1/s1. The summed E-state index contributed by atoms with van der Waals surface area (Å²) in [7, 11) is -2.47. The van der Waals surface area contributed by atoms with Crippen LogP contribution < -0.4 is 11.3 Å². The molecule has 0 fully saturated rings. The average molecular weight is 362 g/mol. The molecule has 0 aliphatic heterocycles. The number of nitrogens with one attached hydrogen (secondary N) is 1. The van der Waals surface area contributed by atoms with Crippen LogP contribution in [-0.4, -0.2) is 46.0 Å². The van der Waals surface area contributed by atoms with Crippen molar-refractivity contribution in [2.24, 2.45) is 0 Å². The lowest BCUT2D eigenvalue weighted by molar-refractivity contribution is 0.0521. The van der Waals surface area contributed by atoms with E-state index in [9.17, 15) is 18.1 Å². The number of nitrogens with zero attached hydrogens (tertiary/aromatic N) is 2. The number of hydrogen-bond donors (Lipinski definition) is 2. The normalized spacial score (nSPS) is 13.5. The molecule has 1 atom stereocenters. The van der Waals surface area contributed by atoms with Gasteiger partial charge < -0.3 is 19.6 Å². The lowest BCUT2D eigenvalue weighted by atomic mass is 10.4. The number of ether oxygens (including phenoxy) is 1. The molecule has 0 aliphatic rings. The second kappa shape index (κ2) is 7.44. The lowest BCUT2D eigenvalue weighted by Gasteiger charge is -2.20. The number of halogens is 2. The van der Waals surface area contributed by atoms with E-state index in [-0.39, 0.29) is 29.9 Å². The van der Waals surface area contributed by atoms with Crippen molar-refractivity contribution in [3.05, 3.63) is 22.4 Å². The summed E-state index contributed by atoms with van der Waals surface area (Å²) >= 11 is 0. The summed E-state index contributed by atoms with van der Waals surface area (Å²) in [5, 5.41) is -0.241. The van der Waals surface area contributed by atoms with Crippen molar-refractivity contribution in [3.8, 4) is 0 Å². The highest BCUT2D eigenvalue weighted by Crippen LogP contribution is 2.44. The topological polar surface area (TPSA) is 103 Å². The van der Waals surface area contributed by atoms with Gasteiger partial charge in [0.1, 0.15) is 31.7 Å². The van der Waals surface area contributed by atoms with Crippen molar-refractivity contribution in [2.45, 2.75) is 26.5 Å². The number of rotatable bonds is 8. The number of nitrogens with two attached hydrogens (primary N) is 1. The van der Waals surface area contributed by atoms with Gasteiger partial charge in [0.25, 0.3) is 5.56 Å². The molecule has 0 saturated heterocycles. The first-order valence-corrected chi connectivity index (χ1v) is 9.88. The van der Waals surface area contributed by atoms with E-state index in [1.54, 1.807) is 13.8 Å². The fourth-order valence-electron chi connectivity index (χ4n) is 2.32. The van der Waals surface area contributed by atoms with Crippen molar-refractivity contribution in [1.82, 2.24) is 14.5 Å². The van der Waals surface area contributed by atoms with E-state index < -0.39 is 31.3 Å². The zero-order valence-electron chi connectivity index (χ0n) is 13.6. The van der Waals surface area contributed by atoms with Crippen LogP contribution in [0.15, 0.2) is 11.0 Å². The fourth-order valence-corrected chi connectivity index (χ4v) is 3.61. The first-order valence-electron chi connectivity index (χ1n) is 7.62. The smallest absolute Gasteiger partial charge is 0.264 e. The maximum Gasteiger partial charge on any atom is 0.264 e. The van der Waals surface area contributed by atoms with Gasteiger partial charge in [0.05, 0.1) is 6.54 Å². The minimum Gasteiger partial charge on any atom is -0.369 e. The number of nitrogen functional groups attached to an aromatic ring is 1. The summed E-state index contributed by atoms with van der Waals surface area (Å²) in [5.41, 5.74) is 4.79. The number of hydrogen-bond acceptors (Lipinski definition) is 5. The Morgan fingerprint density at radius 1 is 1.46 bits per heavy atom. The Labute approximate surface area is 137 Å². The summed E-state index contributed by atoms with van der Waals surface area (Å²) in [6.45, 7) is 2.69. The molecule has 2 heterocycles. The molecule has 0 bridgehead atoms. The van der Waals surface area contributed by atoms with Gasteiger partial charge in [-0.15, -0.1) is 0 Å². The largest absolute Gasteiger partial charge is 0.369 e. The zero-order chi connectivity index (χ0) is 17.9. The van der Waals surface area contributed by atoms with Crippen LogP contribution in [0.2, 0.25) is 0 Å². The summed E-state index contributed by atoms with van der Waals surface area (Å²) in [4.78, 5) is 17.9. The van der Waals surface area contributed by atoms with Crippen molar-refractivity contribution < 1.29 is 18.1 Å². The molecule has 0 radical (unpaired) electrons. The number of H-pyrrole nitrogens is 1. The van der Waals surface area contributed by atoms with Gasteiger partial charge in [-0.05, 0) is 0 Å². The summed E-state index contributed by atoms with van der Waals surface area (Å²) < 4.78 is 46.3. The minimum absolute atomic E-state index is 0.0185. The highest BCUT2D eigenvalue weighted by molar-refractivity contribution is 7.63. The Bertz CT molecular complexity index is 812. The quantitative estimate of drug-likeness (QED) is 0.701. The molecule has 2 aromatic rings. The molecule has 0 spiro atoms. The van der Waals surface area contributed by atoms with Crippen molar-refractivity contribution >= 4 is 24.1 Å². The minimum atomic E-state index is -2.47. The number of alkyl halides is 1. The fraction of sp³-hybridized carbons (Fsp3) is 0.571. The maximum atomic E-state index is 13.9. The van der Waals surface area contributed by atoms with Crippen LogP contribution in [0.3, 0.4) is 0 Å². The lowest BCUT2D eigenvalue weighted by Crippen LogP contribution is -2.23. The average Bonchev–Trinajstić information content (AvgIpc) is 2.86. The molecule has 3 N–H and O–H groups in total. The van der Waals surface area contributed by atoms with E-state index in [1.807, 2.05) is 0 Å². The third-order valence-corrected chi connectivity index (χ3v) is 6.89. The summed E-state index contributed by atoms with van der Waals surface area (Å²) in [5.74, 6) is -0.935. The second-order valence-electron chi connectivity index (χ2n) is 5.54. The van der Waals surface area contributed by atoms with E-state index in [2.05, 4.69) is 9.97 Å². The molecular formula is C14H21F2N4O3P. The third-order valence-electron chi connectivity index (χ3n) is 3.97. The van der Waals surface area contributed by atoms with Crippen molar-refractivity contribution in [2.75, 3.05) is 31.1 Å². The van der Waals surface area contributed by atoms with Gasteiger partial charge in [0.15, 0.2) is 11.5 Å². The van der Waals surface area contributed by atoms with Gasteiger partial charge in [-0.25, -0.2) is 8.78 Å². The predicted molar refractivity (Wildman–Crippen MR) is 89.1 cm³/mol. The van der Waals surface area contributed by atoms with E-state index in [0.717, 1.165) is 6.20 Å². The molecule has 0 unspecified atom stereocenters. The maximum absolute atomic E-state index is 13.9. The Kier molecular flexibility index (Phi) is 5.77. The molecule has 10 heteroatoms. The molecule has 0 amide bonds. The molecule has 0 aromatic carbocycles. The van der Waals surface area contributed by atoms with Crippen molar-refractivity contribution in [3.63, 3.8) is 0 Å². The molecule has 0 saturated carbocycles. The van der Waals surface area contributed by atoms with Crippen LogP contribution in [-0.2, 0) is 15.8 Å². The van der Waals surface area contributed by atoms with Gasteiger partial charge in [-0.2, -0.15) is 4.98 Å². The van der Waals surface area contributed by atoms with Crippen LogP contribution in [0, 0.1) is 5.82 Å². The number of anilines is 1. The number of aromatic amines is 1. The molecule has 24 heavy (non-hydrogen) atoms. The number of aromatic nitrogens is 3. The zero-order valence-corrected chi connectivity index (χ0v) is 14.5. The van der Waals surface area contributed by atoms with Crippen molar-refractivity contribution in [1.29, 1.82) is 0 Å². The van der Waals surface area contributed by atoms with E-state index in [0.29, 0.717) is 12.3 Å². The van der Waals surface area contributed by atoms with Gasteiger partial charge >= 0.3 is 0 Å². The number of fused-ring (bicyclic) bond motifs is 1. The highest BCUT2D eigenvalue weighted by Gasteiger charge is 2.22. The van der Waals surface area contributed by atoms with E-state index in [4.69, 9.17) is 10.5 Å². The van der Waals surface area contributed by atoms with E-state index in [1.165, 1.54) is 4.57 Å².